The third-order valence-corrected chi connectivity index (χ3v) is 7.29. The Bertz CT molecular complexity index is 1440. The zero-order chi connectivity index (χ0) is 25.5. The highest BCUT2D eigenvalue weighted by Gasteiger charge is 2.61. The van der Waals surface area contributed by atoms with Gasteiger partial charge in [-0.2, -0.15) is 8.78 Å². The molecular formula is C24H22F4N4O4. The maximum Gasteiger partial charge on any atom is 0.321 e. The highest BCUT2D eigenvalue weighted by molar-refractivity contribution is 6.06. The lowest BCUT2D eigenvalue weighted by molar-refractivity contribution is 0.0154. The van der Waals surface area contributed by atoms with Crippen LogP contribution in [0.5, 0.6) is 5.75 Å². The number of carbonyl (C=O) groups excluding carboxylic acids is 1. The molecule has 3 aromatic rings. The van der Waals surface area contributed by atoms with Gasteiger partial charge in [-0.25, -0.2) is 13.8 Å². The molecule has 2 aliphatic heterocycles. The quantitative estimate of drug-likeness (QED) is 0.490. The molecule has 12 heteroatoms. The van der Waals surface area contributed by atoms with Crippen molar-refractivity contribution < 1.29 is 31.8 Å². The summed E-state index contributed by atoms with van der Waals surface area (Å²) in [5.41, 5.74) is -0.631. The Morgan fingerprint density at radius 1 is 1.33 bits per heavy atom. The van der Waals surface area contributed by atoms with Crippen LogP contribution < -0.4 is 15.6 Å². The Morgan fingerprint density at radius 3 is 2.72 bits per heavy atom. The first-order chi connectivity index (χ1) is 17.0. The molecular weight excluding hydrogens is 484 g/mol. The molecule has 3 aromatic heterocycles. The minimum absolute atomic E-state index is 0.00332. The van der Waals surface area contributed by atoms with Crippen molar-refractivity contribution in [3.63, 3.8) is 0 Å². The number of alkyl halides is 4. The summed E-state index contributed by atoms with van der Waals surface area (Å²) >= 11 is 0. The number of hydrogen-bond donors (Lipinski definition) is 1. The summed E-state index contributed by atoms with van der Waals surface area (Å²) in [6.45, 7) is -0.814. The molecule has 1 amide bonds. The number of hydrogen-bond acceptors (Lipinski definition) is 5. The summed E-state index contributed by atoms with van der Waals surface area (Å²) in [4.78, 5) is 30.1. The summed E-state index contributed by atoms with van der Waals surface area (Å²) in [6.07, 6.45) is 5.46. The number of rotatable bonds is 7. The van der Waals surface area contributed by atoms with Crippen molar-refractivity contribution in [3.8, 4) is 5.75 Å². The number of imidazole rings is 1. The van der Waals surface area contributed by atoms with Crippen LogP contribution in [0.4, 0.5) is 23.2 Å². The number of nitrogens with one attached hydrogen (secondary N) is 1. The van der Waals surface area contributed by atoms with Crippen LogP contribution in [0, 0.1) is 5.92 Å². The number of ether oxygens (including phenoxy) is 2. The maximum atomic E-state index is 13.4. The highest BCUT2D eigenvalue weighted by Crippen LogP contribution is 2.58. The summed E-state index contributed by atoms with van der Waals surface area (Å²) in [7, 11) is 0. The smallest absolute Gasteiger partial charge is 0.321 e. The standard InChI is InChI=1S/C24H22F4N4O4/c1-22-10-23(11-22,12-36-22)17-8-31-7-14(16(5-18(31)30-17)35-9-13-6-24(13,27)28)19(33)29-15-3-2-4-32(20(15)34)21(25)26/h2-5,7-8,13,21H,6,9-12H2,1H3,(H,29,33). The molecule has 0 radical (unpaired) electrons. The number of nitrogens with zero attached hydrogens (tertiary/aromatic N) is 3. The predicted octanol–water partition coefficient (Wildman–Crippen LogP) is 4.00. The van der Waals surface area contributed by atoms with Crippen molar-refractivity contribution in [2.75, 3.05) is 18.5 Å². The average Bonchev–Trinajstić information content (AvgIpc) is 3.15. The molecule has 2 aliphatic carbocycles. The van der Waals surface area contributed by atoms with Gasteiger partial charge in [-0.05, 0) is 31.9 Å². The van der Waals surface area contributed by atoms with Gasteiger partial charge in [0.1, 0.15) is 17.1 Å². The van der Waals surface area contributed by atoms with E-state index in [1.165, 1.54) is 24.4 Å². The lowest BCUT2D eigenvalue weighted by Crippen LogP contribution is -2.45. The molecule has 0 aromatic carbocycles. The minimum Gasteiger partial charge on any atom is -0.492 e. The minimum atomic E-state index is -3.08. The van der Waals surface area contributed by atoms with Crippen LogP contribution in [0.1, 0.15) is 48.8 Å². The third-order valence-electron chi connectivity index (χ3n) is 7.29. The van der Waals surface area contributed by atoms with Gasteiger partial charge in [0, 0.05) is 36.5 Å². The van der Waals surface area contributed by atoms with E-state index in [1.807, 2.05) is 6.92 Å². The van der Waals surface area contributed by atoms with Crippen molar-refractivity contribution in [3.05, 3.63) is 58.4 Å². The SMILES string of the molecule is CC12CC(c3cn4cc(C(=O)Nc5cccn(C(F)F)c5=O)c(OCC5CC5(F)F)cc4n3)(CO1)C2. The fraction of sp³-hybridized carbons (Fsp3) is 0.458. The summed E-state index contributed by atoms with van der Waals surface area (Å²) in [5.74, 6) is -4.58. The zero-order valence-electron chi connectivity index (χ0n) is 19.1. The first-order valence-electron chi connectivity index (χ1n) is 11.5. The number of pyridine rings is 2. The lowest BCUT2D eigenvalue weighted by atomic mass is 9.62. The zero-order valence-corrected chi connectivity index (χ0v) is 19.1. The van der Waals surface area contributed by atoms with Crippen LogP contribution >= 0.6 is 0 Å². The van der Waals surface area contributed by atoms with Crippen molar-refractivity contribution in [1.82, 2.24) is 14.0 Å². The Kier molecular flexibility index (Phi) is 4.82. The van der Waals surface area contributed by atoms with Gasteiger partial charge >= 0.3 is 6.55 Å². The molecule has 2 saturated carbocycles. The van der Waals surface area contributed by atoms with E-state index in [-0.39, 0.29) is 45.6 Å². The summed E-state index contributed by atoms with van der Waals surface area (Å²) in [5, 5.41) is 2.34. The van der Waals surface area contributed by atoms with E-state index >= 15 is 0 Å². The fourth-order valence-corrected chi connectivity index (χ4v) is 5.30. The molecule has 4 fully saturated rings. The van der Waals surface area contributed by atoms with E-state index in [9.17, 15) is 27.2 Å². The van der Waals surface area contributed by atoms with Gasteiger partial charge in [0.15, 0.2) is 0 Å². The van der Waals surface area contributed by atoms with Crippen molar-refractivity contribution in [2.45, 2.75) is 49.7 Å². The molecule has 1 atom stereocenters. The topological polar surface area (TPSA) is 86.9 Å². The van der Waals surface area contributed by atoms with Crippen LogP contribution in [0.15, 0.2) is 41.6 Å². The van der Waals surface area contributed by atoms with Gasteiger partial charge in [-0.3, -0.25) is 14.2 Å². The number of anilines is 1. The number of aromatic nitrogens is 3. The van der Waals surface area contributed by atoms with E-state index < -0.39 is 29.9 Å². The predicted molar refractivity (Wildman–Crippen MR) is 119 cm³/mol. The number of amides is 1. The summed E-state index contributed by atoms with van der Waals surface area (Å²) in [6, 6.07) is 3.88. The number of halogens is 4. The van der Waals surface area contributed by atoms with Gasteiger partial charge in [0.2, 0.25) is 0 Å². The first kappa shape index (κ1) is 23.0. The summed E-state index contributed by atoms with van der Waals surface area (Å²) < 4.78 is 66.3. The molecule has 1 N–H and O–H groups in total. The molecule has 36 heavy (non-hydrogen) atoms. The van der Waals surface area contributed by atoms with Crippen LogP contribution in [-0.4, -0.2) is 44.6 Å². The molecule has 5 heterocycles. The van der Waals surface area contributed by atoms with Crippen LogP contribution in [-0.2, 0) is 10.2 Å². The van der Waals surface area contributed by atoms with Gasteiger partial charge in [0.25, 0.3) is 17.4 Å². The van der Waals surface area contributed by atoms with Gasteiger partial charge in [-0.15, -0.1) is 0 Å². The first-order valence-corrected chi connectivity index (χ1v) is 11.5. The Morgan fingerprint density at radius 2 is 2.08 bits per heavy atom. The van der Waals surface area contributed by atoms with Crippen LogP contribution in [0.25, 0.3) is 5.65 Å². The van der Waals surface area contributed by atoms with Crippen molar-refractivity contribution in [2.24, 2.45) is 5.92 Å². The normalized spacial score (nSPS) is 27.8. The Labute approximate surface area is 201 Å². The van der Waals surface area contributed by atoms with E-state index in [1.54, 1.807) is 10.6 Å². The monoisotopic (exact) mass is 506 g/mol. The second kappa shape index (κ2) is 7.55. The molecule has 2 bridgehead atoms. The van der Waals surface area contributed by atoms with E-state index in [0.29, 0.717) is 12.3 Å². The lowest BCUT2D eigenvalue weighted by Gasteiger charge is -2.41. The van der Waals surface area contributed by atoms with Gasteiger partial charge < -0.3 is 19.2 Å². The molecule has 2 saturated heterocycles. The fourth-order valence-electron chi connectivity index (χ4n) is 5.30. The largest absolute Gasteiger partial charge is 0.492 e. The van der Waals surface area contributed by atoms with Crippen molar-refractivity contribution in [1.29, 1.82) is 0 Å². The highest BCUT2D eigenvalue weighted by atomic mass is 19.3. The van der Waals surface area contributed by atoms with E-state index in [0.717, 1.165) is 24.7 Å². The average molecular weight is 506 g/mol. The Balaban J connectivity index is 1.34. The van der Waals surface area contributed by atoms with Crippen LogP contribution in [0.2, 0.25) is 0 Å². The van der Waals surface area contributed by atoms with E-state index in [4.69, 9.17) is 9.47 Å². The van der Waals surface area contributed by atoms with E-state index in [2.05, 4.69) is 10.3 Å². The number of fused-ring (bicyclic) bond motifs is 2. The molecule has 1 unspecified atom stereocenters. The third kappa shape index (κ3) is 3.66. The van der Waals surface area contributed by atoms with Gasteiger partial charge in [-0.1, -0.05) is 0 Å². The molecule has 190 valence electrons. The van der Waals surface area contributed by atoms with Crippen molar-refractivity contribution >= 4 is 17.2 Å². The molecule has 7 rings (SSSR count). The molecule has 4 aliphatic rings. The molecule has 0 spiro atoms. The second-order valence-electron chi connectivity index (χ2n) is 10.2. The second-order valence-corrected chi connectivity index (χ2v) is 10.2. The van der Waals surface area contributed by atoms with Crippen LogP contribution in [0.3, 0.4) is 0 Å². The molecule has 8 nitrogen and oxygen atoms in total. The van der Waals surface area contributed by atoms with Gasteiger partial charge in [0.05, 0.1) is 36.0 Å². The maximum absolute atomic E-state index is 13.4. The Hall–Kier alpha value is -3.41. The number of carbonyl (C=O) groups is 1.